The molecule has 134 valence electrons. The number of aryl methyl sites for hydroxylation is 1. The van der Waals surface area contributed by atoms with Gasteiger partial charge in [0.05, 0.1) is 3.79 Å². The minimum absolute atomic E-state index is 0.239. The number of rotatable bonds is 5. The van der Waals surface area contributed by atoms with Gasteiger partial charge in [0.15, 0.2) is 0 Å². The highest BCUT2D eigenvalue weighted by Gasteiger charge is 2.39. The van der Waals surface area contributed by atoms with Crippen molar-refractivity contribution in [1.82, 2.24) is 9.62 Å². The van der Waals surface area contributed by atoms with E-state index >= 15 is 0 Å². The quantitative estimate of drug-likeness (QED) is 0.772. The number of carbonyl (C=O) groups excluding carboxylic acids is 1. The lowest BCUT2D eigenvalue weighted by Crippen LogP contribution is -2.45. The summed E-state index contributed by atoms with van der Waals surface area (Å²) >= 11 is 4.45. The number of hydrogen-bond acceptors (Lipinski definition) is 4. The fraction of sp³-hybridized carbons (Fsp3) is 0.353. The molecule has 0 unspecified atom stereocenters. The maximum Gasteiger partial charge on any atom is 0.253 e. The molecule has 1 aromatic carbocycles. The van der Waals surface area contributed by atoms with Crippen LogP contribution in [0.5, 0.6) is 0 Å². The van der Waals surface area contributed by atoms with Crippen LogP contribution in [-0.4, -0.2) is 31.2 Å². The summed E-state index contributed by atoms with van der Waals surface area (Å²) in [6.07, 6.45) is 1.24. The van der Waals surface area contributed by atoms with Gasteiger partial charge in [-0.2, -0.15) is 4.31 Å². The molecule has 3 rings (SSSR count). The van der Waals surface area contributed by atoms with E-state index in [-0.39, 0.29) is 10.1 Å². The van der Waals surface area contributed by atoms with Crippen LogP contribution in [0.4, 0.5) is 0 Å². The Morgan fingerprint density at radius 1 is 1.28 bits per heavy atom. The van der Waals surface area contributed by atoms with Crippen molar-refractivity contribution in [3.63, 3.8) is 0 Å². The third kappa shape index (κ3) is 4.13. The van der Waals surface area contributed by atoms with Crippen LogP contribution in [-0.2, 0) is 21.4 Å². The van der Waals surface area contributed by atoms with E-state index in [0.717, 1.165) is 26.3 Å². The van der Waals surface area contributed by atoms with Crippen molar-refractivity contribution in [1.29, 1.82) is 0 Å². The zero-order chi connectivity index (χ0) is 18.0. The van der Waals surface area contributed by atoms with Crippen molar-refractivity contribution in [2.24, 2.45) is 0 Å². The maximum absolute atomic E-state index is 12.8. The van der Waals surface area contributed by atoms with E-state index in [4.69, 9.17) is 0 Å². The fourth-order valence-corrected chi connectivity index (χ4v) is 6.65. The lowest BCUT2D eigenvalue weighted by molar-refractivity contribution is -0.124. The Hall–Kier alpha value is -1.22. The first-order chi connectivity index (χ1) is 11.9. The third-order valence-electron chi connectivity index (χ3n) is 4.21. The summed E-state index contributed by atoms with van der Waals surface area (Å²) in [4.78, 5) is 12.6. The molecule has 8 heteroatoms. The van der Waals surface area contributed by atoms with Crippen LogP contribution in [0.1, 0.15) is 24.0 Å². The molecule has 0 bridgehead atoms. The minimum Gasteiger partial charge on any atom is -0.351 e. The number of nitrogens with zero attached hydrogens (tertiary/aromatic N) is 1. The second-order valence-corrected chi connectivity index (χ2v) is 10.6. The van der Waals surface area contributed by atoms with Gasteiger partial charge in [-0.3, -0.25) is 4.79 Å². The predicted octanol–water partition coefficient (Wildman–Crippen LogP) is 3.29. The normalized spacial score (nSPS) is 18.4. The molecule has 1 amide bonds. The number of sulfonamides is 1. The number of thiophene rings is 1. The van der Waals surface area contributed by atoms with Crippen LogP contribution in [0.2, 0.25) is 0 Å². The zero-order valence-corrected chi connectivity index (χ0v) is 17.0. The monoisotopic (exact) mass is 442 g/mol. The predicted molar refractivity (Wildman–Crippen MR) is 102 cm³/mol. The lowest BCUT2D eigenvalue weighted by Gasteiger charge is -2.22. The smallest absolute Gasteiger partial charge is 0.253 e. The molecule has 1 aliphatic heterocycles. The van der Waals surface area contributed by atoms with Gasteiger partial charge in [0.2, 0.25) is 5.91 Å². The average molecular weight is 443 g/mol. The zero-order valence-electron chi connectivity index (χ0n) is 13.7. The lowest BCUT2D eigenvalue weighted by atomic mass is 10.1. The molecule has 5 nitrogen and oxygen atoms in total. The van der Waals surface area contributed by atoms with Gasteiger partial charge in [-0.05, 0) is 53.4 Å². The first-order valence-corrected chi connectivity index (χ1v) is 11.0. The first-order valence-electron chi connectivity index (χ1n) is 7.98. The number of amides is 1. The van der Waals surface area contributed by atoms with Crippen molar-refractivity contribution in [2.75, 3.05) is 6.54 Å². The molecule has 1 N–H and O–H groups in total. The minimum atomic E-state index is -3.64. The molecule has 0 radical (unpaired) electrons. The maximum atomic E-state index is 12.8. The Labute approximate surface area is 160 Å². The Kier molecular flexibility index (Phi) is 5.62. The van der Waals surface area contributed by atoms with Gasteiger partial charge < -0.3 is 5.32 Å². The van der Waals surface area contributed by atoms with Crippen LogP contribution in [0, 0.1) is 6.92 Å². The Morgan fingerprint density at radius 2 is 2.00 bits per heavy atom. The molecule has 1 aliphatic rings. The summed E-state index contributed by atoms with van der Waals surface area (Å²) in [6.45, 7) is 2.78. The second-order valence-electron chi connectivity index (χ2n) is 6.04. The summed E-state index contributed by atoms with van der Waals surface area (Å²) in [5.41, 5.74) is 2.15. The van der Waals surface area contributed by atoms with Gasteiger partial charge in [-0.1, -0.05) is 29.8 Å². The van der Waals surface area contributed by atoms with E-state index in [1.54, 1.807) is 12.1 Å². The summed E-state index contributed by atoms with van der Waals surface area (Å²) in [5.74, 6) is -0.239. The summed E-state index contributed by atoms with van der Waals surface area (Å²) in [6, 6.07) is 10.5. The summed E-state index contributed by atoms with van der Waals surface area (Å²) in [7, 11) is -3.64. The Balaban J connectivity index is 1.70. The largest absolute Gasteiger partial charge is 0.351 e. The molecule has 25 heavy (non-hydrogen) atoms. The van der Waals surface area contributed by atoms with Crippen molar-refractivity contribution in [2.45, 2.75) is 36.6 Å². The molecular weight excluding hydrogens is 424 g/mol. The first kappa shape index (κ1) is 18.6. The summed E-state index contributed by atoms with van der Waals surface area (Å²) in [5, 5.41) is 2.87. The highest BCUT2D eigenvalue weighted by molar-refractivity contribution is 9.11. The van der Waals surface area contributed by atoms with Crippen LogP contribution in [0.15, 0.2) is 44.4 Å². The van der Waals surface area contributed by atoms with E-state index in [0.29, 0.717) is 25.9 Å². The second kappa shape index (κ2) is 7.57. The van der Waals surface area contributed by atoms with E-state index in [2.05, 4.69) is 21.2 Å². The number of halogens is 1. The van der Waals surface area contributed by atoms with Gasteiger partial charge in [0, 0.05) is 13.1 Å². The molecule has 0 saturated carbocycles. The van der Waals surface area contributed by atoms with E-state index < -0.39 is 16.1 Å². The molecule has 1 fully saturated rings. The van der Waals surface area contributed by atoms with Gasteiger partial charge in [0.25, 0.3) is 10.0 Å². The fourth-order valence-electron chi connectivity index (χ4n) is 2.85. The standard InChI is InChI=1S/C17H19BrN2O3S2/c1-12-4-6-13(7-5-12)11-19-17(21)14-3-2-10-20(14)25(22,23)16-9-8-15(18)24-16/h4-9,14H,2-3,10-11H2,1H3,(H,19,21)/t14-/m1/s1. The molecule has 1 aromatic heterocycles. The van der Waals surface area contributed by atoms with Crippen molar-refractivity contribution < 1.29 is 13.2 Å². The molecule has 2 heterocycles. The van der Waals surface area contributed by atoms with E-state index in [1.165, 1.54) is 4.31 Å². The van der Waals surface area contributed by atoms with Crippen LogP contribution >= 0.6 is 27.3 Å². The SMILES string of the molecule is Cc1ccc(CNC(=O)[C@H]2CCCN2S(=O)(=O)c2ccc(Br)s2)cc1. The van der Waals surface area contributed by atoms with Crippen LogP contribution < -0.4 is 5.32 Å². The Morgan fingerprint density at radius 3 is 2.64 bits per heavy atom. The molecule has 0 aliphatic carbocycles. The summed E-state index contributed by atoms with van der Waals surface area (Å²) < 4.78 is 28.0. The van der Waals surface area contributed by atoms with E-state index in [9.17, 15) is 13.2 Å². The van der Waals surface area contributed by atoms with Gasteiger partial charge >= 0.3 is 0 Å². The highest BCUT2D eigenvalue weighted by atomic mass is 79.9. The molecular formula is C17H19BrN2O3S2. The highest BCUT2D eigenvalue weighted by Crippen LogP contribution is 2.32. The van der Waals surface area contributed by atoms with Gasteiger partial charge in [-0.25, -0.2) is 8.42 Å². The van der Waals surface area contributed by atoms with Crippen molar-refractivity contribution in [3.05, 3.63) is 51.3 Å². The Bertz CT molecular complexity index is 862. The third-order valence-corrected chi connectivity index (χ3v) is 8.20. The number of benzene rings is 1. The molecule has 0 spiro atoms. The van der Waals surface area contributed by atoms with Gasteiger partial charge in [0.1, 0.15) is 10.3 Å². The molecule has 1 atom stereocenters. The van der Waals surface area contributed by atoms with Crippen LogP contribution in [0.3, 0.4) is 0 Å². The van der Waals surface area contributed by atoms with Crippen LogP contribution in [0.25, 0.3) is 0 Å². The van der Waals surface area contributed by atoms with Gasteiger partial charge in [-0.15, -0.1) is 11.3 Å². The van der Waals surface area contributed by atoms with Crippen molar-refractivity contribution >= 4 is 43.2 Å². The van der Waals surface area contributed by atoms with Crippen molar-refractivity contribution in [3.8, 4) is 0 Å². The topological polar surface area (TPSA) is 66.5 Å². The number of nitrogens with one attached hydrogen (secondary N) is 1. The van der Waals surface area contributed by atoms with E-state index in [1.807, 2.05) is 31.2 Å². The number of hydrogen-bond donors (Lipinski definition) is 1. The molecule has 1 saturated heterocycles. The average Bonchev–Trinajstić information content (AvgIpc) is 3.23. The number of carbonyl (C=O) groups is 1. The molecule has 2 aromatic rings.